The molecule has 3 aromatic rings. The van der Waals surface area contributed by atoms with E-state index in [1.807, 2.05) is 0 Å². The topological polar surface area (TPSA) is 0 Å². The van der Waals surface area contributed by atoms with Crippen LogP contribution in [-0.2, 0) is 6.42 Å². The Morgan fingerprint density at radius 2 is 1.16 bits per heavy atom. The fraction of sp³-hybridized carbons (Fsp3) is 0.280. The predicted octanol–water partition coefficient (Wildman–Crippen LogP) is 7.19. The first-order chi connectivity index (χ1) is 12.1. The van der Waals surface area contributed by atoms with Gasteiger partial charge in [0.05, 0.1) is 0 Å². The third-order valence-corrected chi connectivity index (χ3v) is 4.84. The van der Waals surface area contributed by atoms with Gasteiger partial charge in [-0.3, -0.25) is 0 Å². The van der Waals surface area contributed by atoms with Gasteiger partial charge in [-0.2, -0.15) is 0 Å². The normalized spacial score (nSPS) is 11.3. The van der Waals surface area contributed by atoms with Crippen LogP contribution in [0.25, 0.3) is 11.1 Å². The van der Waals surface area contributed by atoms with E-state index in [9.17, 15) is 0 Å². The van der Waals surface area contributed by atoms with Crippen LogP contribution >= 0.6 is 0 Å². The van der Waals surface area contributed by atoms with Gasteiger partial charge >= 0.3 is 0 Å². The van der Waals surface area contributed by atoms with Gasteiger partial charge in [-0.1, -0.05) is 100 Å². The number of benzene rings is 3. The van der Waals surface area contributed by atoms with Gasteiger partial charge in [0.1, 0.15) is 0 Å². The van der Waals surface area contributed by atoms with Crippen LogP contribution in [0, 0.1) is 0 Å². The van der Waals surface area contributed by atoms with Crippen molar-refractivity contribution < 1.29 is 0 Å². The minimum atomic E-state index is 0.520. The molecular weight excluding hydrogens is 300 g/mol. The summed E-state index contributed by atoms with van der Waals surface area (Å²) in [4.78, 5) is 0. The maximum atomic E-state index is 2.38. The van der Waals surface area contributed by atoms with E-state index in [4.69, 9.17) is 0 Å². The molecule has 0 heteroatoms. The van der Waals surface area contributed by atoms with Crippen molar-refractivity contribution in [3.05, 3.63) is 95.1 Å². The Morgan fingerprint density at radius 1 is 0.600 bits per heavy atom. The van der Waals surface area contributed by atoms with E-state index < -0.39 is 0 Å². The largest absolute Gasteiger partial charge is 0.0622 e. The zero-order valence-electron chi connectivity index (χ0n) is 15.8. The van der Waals surface area contributed by atoms with Gasteiger partial charge in [-0.05, 0) is 51.6 Å². The van der Waals surface area contributed by atoms with Gasteiger partial charge in [0.25, 0.3) is 0 Å². The molecule has 0 heterocycles. The smallest absolute Gasteiger partial charge is 0.00256 e. The molecule has 0 unspecified atom stereocenters. The van der Waals surface area contributed by atoms with Crippen LogP contribution in [0.2, 0.25) is 0 Å². The lowest BCUT2D eigenvalue weighted by molar-refractivity contribution is 0.838. The summed E-state index contributed by atoms with van der Waals surface area (Å²) in [5.74, 6) is 1.04. The lowest BCUT2D eigenvalue weighted by Gasteiger charge is -2.20. The van der Waals surface area contributed by atoms with Crippen molar-refractivity contribution in [1.29, 1.82) is 0 Å². The van der Waals surface area contributed by atoms with E-state index in [1.165, 1.54) is 33.4 Å². The Hall–Kier alpha value is -2.34. The van der Waals surface area contributed by atoms with Crippen molar-refractivity contribution >= 4 is 0 Å². The monoisotopic (exact) mass is 328 g/mol. The fourth-order valence-corrected chi connectivity index (χ4v) is 3.55. The van der Waals surface area contributed by atoms with E-state index in [0.29, 0.717) is 11.8 Å². The lowest BCUT2D eigenvalue weighted by atomic mass is 9.84. The highest BCUT2D eigenvalue weighted by molar-refractivity contribution is 5.73. The molecule has 0 nitrogen and oxygen atoms in total. The molecule has 0 spiro atoms. The maximum absolute atomic E-state index is 2.38. The van der Waals surface area contributed by atoms with Crippen LogP contribution in [0.3, 0.4) is 0 Å². The number of rotatable bonds is 5. The van der Waals surface area contributed by atoms with Gasteiger partial charge in [-0.15, -0.1) is 0 Å². The predicted molar refractivity (Wildman–Crippen MR) is 109 cm³/mol. The molecule has 0 saturated heterocycles. The Morgan fingerprint density at radius 3 is 1.76 bits per heavy atom. The van der Waals surface area contributed by atoms with Crippen molar-refractivity contribution in [2.24, 2.45) is 0 Å². The van der Waals surface area contributed by atoms with Crippen LogP contribution in [0.1, 0.15) is 61.8 Å². The van der Waals surface area contributed by atoms with Gasteiger partial charge < -0.3 is 0 Å². The molecule has 0 fully saturated rings. The SMILES string of the molecule is CC(C)c1cccc(C(C)C)c1-c1cccc(Cc2ccccc2)c1. The summed E-state index contributed by atoms with van der Waals surface area (Å²) in [5, 5.41) is 0. The Labute approximate surface area is 152 Å². The maximum Gasteiger partial charge on any atom is -0.00256 e. The molecule has 0 aliphatic rings. The van der Waals surface area contributed by atoms with Gasteiger partial charge in [0.15, 0.2) is 0 Å². The molecule has 0 saturated carbocycles. The minimum absolute atomic E-state index is 0.520. The second-order valence-electron chi connectivity index (χ2n) is 7.48. The Bertz CT molecular complexity index is 799. The zero-order chi connectivity index (χ0) is 17.8. The molecule has 25 heavy (non-hydrogen) atoms. The molecular formula is C25H28. The Kier molecular flexibility index (Phi) is 5.38. The second kappa shape index (κ2) is 7.70. The standard InChI is InChI=1S/C25H28/c1-18(2)23-14-9-15-24(19(3)4)25(23)22-13-8-12-21(17-22)16-20-10-6-5-7-11-20/h5-15,17-19H,16H2,1-4H3. The van der Waals surface area contributed by atoms with Crippen molar-refractivity contribution in [2.75, 3.05) is 0 Å². The molecule has 0 atom stereocenters. The van der Waals surface area contributed by atoms with E-state index in [2.05, 4.69) is 100 Å². The average molecular weight is 328 g/mol. The second-order valence-corrected chi connectivity index (χ2v) is 7.48. The number of hydrogen-bond donors (Lipinski definition) is 0. The van der Waals surface area contributed by atoms with Crippen LogP contribution in [0.4, 0.5) is 0 Å². The van der Waals surface area contributed by atoms with Crippen LogP contribution < -0.4 is 0 Å². The summed E-state index contributed by atoms with van der Waals surface area (Å²) >= 11 is 0. The fourth-order valence-electron chi connectivity index (χ4n) is 3.55. The third-order valence-electron chi connectivity index (χ3n) is 4.84. The van der Waals surface area contributed by atoms with E-state index >= 15 is 0 Å². The zero-order valence-corrected chi connectivity index (χ0v) is 15.8. The Balaban J connectivity index is 2.06. The van der Waals surface area contributed by atoms with Gasteiger partial charge in [0.2, 0.25) is 0 Å². The van der Waals surface area contributed by atoms with E-state index in [1.54, 1.807) is 0 Å². The molecule has 0 aliphatic heterocycles. The summed E-state index contributed by atoms with van der Waals surface area (Å²) < 4.78 is 0. The van der Waals surface area contributed by atoms with E-state index in [-0.39, 0.29) is 0 Å². The quantitative estimate of drug-likeness (QED) is 0.465. The number of hydrogen-bond acceptors (Lipinski definition) is 0. The van der Waals surface area contributed by atoms with Crippen molar-refractivity contribution in [3.63, 3.8) is 0 Å². The summed E-state index contributed by atoms with van der Waals surface area (Å²) in [6.45, 7) is 9.15. The molecule has 0 aliphatic carbocycles. The molecule has 0 N–H and O–H groups in total. The summed E-state index contributed by atoms with van der Waals surface area (Å²) in [6.07, 6.45) is 0.982. The highest BCUT2D eigenvalue weighted by atomic mass is 14.2. The first-order valence-corrected chi connectivity index (χ1v) is 9.32. The first-order valence-electron chi connectivity index (χ1n) is 9.32. The molecule has 3 rings (SSSR count). The highest BCUT2D eigenvalue weighted by Gasteiger charge is 2.15. The van der Waals surface area contributed by atoms with Crippen molar-refractivity contribution in [1.82, 2.24) is 0 Å². The van der Waals surface area contributed by atoms with Crippen LogP contribution in [-0.4, -0.2) is 0 Å². The summed E-state index contributed by atoms with van der Waals surface area (Å²) in [7, 11) is 0. The molecule has 0 bridgehead atoms. The molecule has 0 amide bonds. The van der Waals surface area contributed by atoms with Gasteiger partial charge in [-0.25, -0.2) is 0 Å². The molecule has 0 radical (unpaired) electrons. The van der Waals surface area contributed by atoms with Crippen molar-refractivity contribution in [3.8, 4) is 11.1 Å². The van der Waals surface area contributed by atoms with E-state index in [0.717, 1.165) is 6.42 Å². The lowest BCUT2D eigenvalue weighted by Crippen LogP contribution is -2.00. The van der Waals surface area contributed by atoms with Crippen LogP contribution in [0.15, 0.2) is 72.8 Å². The highest BCUT2D eigenvalue weighted by Crippen LogP contribution is 2.36. The van der Waals surface area contributed by atoms with Crippen molar-refractivity contribution in [2.45, 2.75) is 46.0 Å². The van der Waals surface area contributed by atoms with Crippen LogP contribution in [0.5, 0.6) is 0 Å². The summed E-state index contributed by atoms with van der Waals surface area (Å²) in [5.41, 5.74) is 8.41. The minimum Gasteiger partial charge on any atom is -0.0622 e. The first kappa shape index (κ1) is 17.5. The summed E-state index contributed by atoms with van der Waals surface area (Å²) in [6, 6.07) is 26.6. The van der Waals surface area contributed by atoms with Gasteiger partial charge in [0, 0.05) is 0 Å². The average Bonchev–Trinajstić information content (AvgIpc) is 2.62. The third kappa shape index (κ3) is 4.02. The molecule has 128 valence electrons. The molecule has 0 aromatic heterocycles. The molecule has 3 aromatic carbocycles.